The molecule has 31 heavy (non-hydrogen) atoms. The number of piperazine rings is 1. The molecule has 9 heteroatoms. The molecule has 1 aliphatic heterocycles. The van der Waals surface area contributed by atoms with Gasteiger partial charge in [-0.3, -0.25) is 24.6 Å². The Kier molecular flexibility index (Phi) is 8.36. The van der Waals surface area contributed by atoms with Gasteiger partial charge in [-0.25, -0.2) is 0 Å². The van der Waals surface area contributed by atoms with E-state index in [4.69, 9.17) is 4.74 Å². The first-order chi connectivity index (χ1) is 15.0. The van der Waals surface area contributed by atoms with E-state index < -0.39 is 4.92 Å². The van der Waals surface area contributed by atoms with Gasteiger partial charge in [0.1, 0.15) is 0 Å². The van der Waals surface area contributed by atoms with Crippen LogP contribution in [0.2, 0.25) is 0 Å². The molecule has 0 radical (unpaired) electrons. The van der Waals surface area contributed by atoms with Gasteiger partial charge in [-0.1, -0.05) is 12.8 Å². The van der Waals surface area contributed by atoms with Gasteiger partial charge in [-0.15, -0.1) is 0 Å². The van der Waals surface area contributed by atoms with E-state index in [1.807, 2.05) is 0 Å². The number of hydrogen-bond donors (Lipinski definition) is 1. The van der Waals surface area contributed by atoms with Crippen molar-refractivity contribution in [2.45, 2.75) is 38.1 Å². The molecule has 2 amide bonds. The lowest BCUT2D eigenvalue weighted by Gasteiger charge is -2.40. The molecule has 3 rings (SSSR count). The van der Waals surface area contributed by atoms with Crippen LogP contribution in [0.3, 0.4) is 0 Å². The number of nitrogens with zero attached hydrogens (tertiary/aromatic N) is 3. The van der Waals surface area contributed by atoms with Crippen LogP contribution in [0.4, 0.5) is 5.69 Å². The topological polar surface area (TPSA) is 105 Å². The van der Waals surface area contributed by atoms with Crippen molar-refractivity contribution in [3.63, 3.8) is 0 Å². The first-order valence-corrected chi connectivity index (χ1v) is 11.1. The second-order valence-corrected chi connectivity index (χ2v) is 8.26. The van der Waals surface area contributed by atoms with E-state index in [0.717, 1.165) is 32.1 Å². The highest BCUT2D eigenvalue weighted by Crippen LogP contribution is 2.31. The summed E-state index contributed by atoms with van der Waals surface area (Å²) in [6.45, 7) is 3.59. The summed E-state index contributed by atoms with van der Waals surface area (Å²) >= 11 is 0. The van der Waals surface area contributed by atoms with Crippen molar-refractivity contribution in [2.75, 3.05) is 46.4 Å². The van der Waals surface area contributed by atoms with Gasteiger partial charge >= 0.3 is 0 Å². The van der Waals surface area contributed by atoms with Crippen LogP contribution in [-0.4, -0.2) is 79.0 Å². The van der Waals surface area contributed by atoms with Crippen molar-refractivity contribution in [3.05, 3.63) is 39.9 Å². The van der Waals surface area contributed by atoms with Crippen LogP contribution >= 0.6 is 0 Å². The van der Waals surface area contributed by atoms with Crippen LogP contribution in [0.25, 0.3) is 0 Å². The van der Waals surface area contributed by atoms with Gasteiger partial charge in [0.2, 0.25) is 5.91 Å². The van der Waals surface area contributed by atoms with E-state index in [0.29, 0.717) is 50.8 Å². The van der Waals surface area contributed by atoms with Crippen LogP contribution in [0.1, 0.15) is 42.5 Å². The number of methoxy groups -OCH3 is 1. The summed E-state index contributed by atoms with van der Waals surface area (Å²) < 4.78 is 5.06. The summed E-state index contributed by atoms with van der Waals surface area (Å²) in [5.41, 5.74) is 0.416. The van der Waals surface area contributed by atoms with Gasteiger partial charge in [-0.2, -0.15) is 0 Å². The fraction of sp³-hybridized carbons (Fsp3) is 0.636. The molecule has 1 aromatic rings. The van der Waals surface area contributed by atoms with E-state index in [9.17, 15) is 19.7 Å². The number of benzene rings is 1. The smallest absolute Gasteiger partial charge is 0.269 e. The Labute approximate surface area is 182 Å². The maximum absolute atomic E-state index is 13.0. The molecular weight excluding hydrogens is 400 g/mol. The maximum atomic E-state index is 13.0. The summed E-state index contributed by atoms with van der Waals surface area (Å²) in [7, 11) is 1.65. The number of nitro benzene ring substituents is 1. The van der Waals surface area contributed by atoms with E-state index in [1.54, 1.807) is 12.0 Å². The second kappa shape index (κ2) is 11.2. The van der Waals surface area contributed by atoms with Crippen LogP contribution in [0.5, 0.6) is 0 Å². The number of amides is 2. The van der Waals surface area contributed by atoms with Gasteiger partial charge in [0.05, 0.1) is 11.0 Å². The molecule has 1 saturated carbocycles. The van der Waals surface area contributed by atoms with E-state index in [2.05, 4.69) is 10.2 Å². The molecule has 0 spiro atoms. The Balaban J connectivity index is 1.58. The first kappa shape index (κ1) is 23.1. The lowest BCUT2D eigenvalue weighted by atomic mass is 9.95. The SMILES string of the molecule is COCCCNC(=O)C(C1CCCC1)N1CCN(C(=O)c2ccc([N+](=O)[O-])cc2)CC1. The van der Waals surface area contributed by atoms with Gasteiger partial charge in [0, 0.05) is 64.1 Å². The summed E-state index contributed by atoms with van der Waals surface area (Å²) in [6.07, 6.45) is 5.25. The highest BCUT2D eigenvalue weighted by molar-refractivity contribution is 5.94. The zero-order chi connectivity index (χ0) is 22.2. The standard InChI is InChI=1S/C22H32N4O5/c1-31-16-4-11-23-21(27)20(17-5-2-3-6-17)24-12-14-25(15-13-24)22(28)18-7-9-19(10-8-18)26(29)30/h7-10,17,20H,2-6,11-16H2,1H3,(H,23,27). The van der Waals surface area contributed by atoms with Crippen molar-refractivity contribution in [1.29, 1.82) is 0 Å². The van der Waals surface area contributed by atoms with E-state index in [1.165, 1.54) is 24.3 Å². The van der Waals surface area contributed by atoms with Gasteiger partial charge in [0.15, 0.2) is 0 Å². The van der Waals surface area contributed by atoms with Crippen molar-refractivity contribution >= 4 is 17.5 Å². The molecule has 1 aliphatic carbocycles. The second-order valence-electron chi connectivity index (χ2n) is 8.26. The number of ether oxygens (including phenoxy) is 1. The molecule has 1 heterocycles. The minimum Gasteiger partial charge on any atom is -0.385 e. The number of nitrogens with one attached hydrogen (secondary N) is 1. The zero-order valence-electron chi connectivity index (χ0n) is 18.1. The van der Waals surface area contributed by atoms with Crippen LogP contribution in [-0.2, 0) is 9.53 Å². The highest BCUT2D eigenvalue weighted by Gasteiger charge is 2.37. The molecule has 170 valence electrons. The number of nitro groups is 1. The minimum atomic E-state index is -0.476. The predicted octanol–water partition coefficient (Wildman–Crippen LogP) is 2.06. The molecule has 0 aromatic heterocycles. The Bertz CT molecular complexity index is 756. The monoisotopic (exact) mass is 432 g/mol. The van der Waals surface area contributed by atoms with Crippen LogP contribution in [0, 0.1) is 16.0 Å². The number of carbonyl (C=O) groups excluding carboxylic acids is 2. The molecule has 1 unspecified atom stereocenters. The molecule has 0 bridgehead atoms. The zero-order valence-corrected chi connectivity index (χ0v) is 18.1. The molecule has 1 atom stereocenters. The van der Waals surface area contributed by atoms with Crippen molar-refractivity contribution in [2.24, 2.45) is 5.92 Å². The Morgan fingerprint density at radius 3 is 2.39 bits per heavy atom. The van der Waals surface area contributed by atoms with Crippen molar-refractivity contribution in [3.8, 4) is 0 Å². The number of hydrogen-bond acceptors (Lipinski definition) is 6. The molecule has 9 nitrogen and oxygen atoms in total. The minimum absolute atomic E-state index is 0.0303. The first-order valence-electron chi connectivity index (χ1n) is 11.1. The summed E-state index contributed by atoms with van der Waals surface area (Å²) in [5, 5.41) is 13.9. The third-order valence-electron chi connectivity index (χ3n) is 6.26. The highest BCUT2D eigenvalue weighted by atomic mass is 16.6. The largest absolute Gasteiger partial charge is 0.385 e. The molecule has 1 N–H and O–H groups in total. The average Bonchev–Trinajstić information content (AvgIpc) is 3.31. The number of rotatable bonds is 9. The molecule has 1 saturated heterocycles. The normalized spacial score (nSPS) is 18.7. The van der Waals surface area contributed by atoms with E-state index in [-0.39, 0.29) is 23.5 Å². The third kappa shape index (κ3) is 6.01. The van der Waals surface area contributed by atoms with Crippen molar-refractivity contribution in [1.82, 2.24) is 15.1 Å². The fourth-order valence-electron chi connectivity index (χ4n) is 4.60. The number of non-ortho nitro benzene ring substituents is 1. The summed E-state index contributed by atoms with van der Waals surface area (Å²) in [5.74, 6) is 0.313. The fourth-order valence-corrected chi connectivity index (χ4v) is 4.60. The Hall–Kier alpha value is -2.52. The third-order valence-corrected chi connectivity index (χ3v) is 6.26. The molecule has 1 aromatic carbocycles. The van der Waals surface area contributed by atoms with Gasteiger partial charge in [0.25, 0.3) is 11.6 Å². The summed E-state index contributed by atoms with van der Waals surface area (Å²) in [4.78, 5) is 40.1. The Morgan fingerprint density at radius 2 is 1.81 bits per heavy atom. The lowest BCUT2D eigenvalue weighted by molar-refractivity contribution is -0.384. The quantitative estimate of drug-likeness (QED) is 0.364. The lowest BCUT2D eigenvalue weighted by Crippen LogP contribution is -2.58. The maximum Gasteiger partial charge on any atom is 0.269 e. The van der Waals surface area contributed by atoms with Crippen molar-refractivity contribution < 1.29 is 19.2 Å². The van der Waals surface area contributed by atoms with Crippen LogP contribution < -0.4 is 5.32 Å². The molecular formula is C22H32N4O5. The van der Waals surface area contributed by atoms with Gasteiger partial charge < -0.3 is 15.0 Å². The Morgan fingerprint density at radius 1 is 1.16 bits per heavy atom. The molecule has 2 fully saturated rings. The predicted molar refractivity (Wildman–Crippen MR) is 116 cm³/mol. The average molecular weight is 433 g/mol. The van der Waals surface area contributed by atoms with Crippen LogP contribution in [0.15, 0.2) is 24.3 Å². The summed E-state index contributed by atoms with van der Waals surface area (Å²) in [6, 6.07) is 5.56. The van der Waals surface area contributed by atoms with Gasteiger partial charge in [-0.05, 0) is 37.3 Å². The molecule has 2 aliphatic rings. The number of carbonyl (C=O) groups is 2. The van der Waals surface area contributed by atoms with E-state index >= 15 is 0 Å².